The van der Waals surface area contributed by atoms with Crippen molar-refractivity contribution >= 4 is 6.09 Å². The average Bonchev–Trinajstić information content (AvgIpc) is 2.87. The Bertz CT molecular complexity index is 346. The number of piperidine rings is 1. The summed E-state index contributed by atoms with van der Waals surface area (Å²) in [6, 6.07) is -0.293. The first-order valence-corrected chi connectivity index (χ1v) is 7.26. The minimum absolute atomic E-state index is 0.0520. The van der Waals surface area contributed by atoms with Gasteiger partial charge in [-0.25, -0.2) is 4.79 Å². The zero-order valence-electron chi connectivity index (χ0n) is 11.8. The van der Waals surface area contributed by atoms with Gasteiger partial charge in [-0.15, -0.1) is 0 Å². The number of halogens is 3. The van der Waals surface area contributed by atoms with Gasteiger partial charge in [0.15, 0.2) is 0 Å². The standard InChI is InChI=1S/C13H21F3N2O3/c14-13(15,16)9-18-5-1-3-10(7-18)17-12(19)21-8-11-4-2-6-20-11/h10-11H,1-9H2,(H,17,19)/t10-,11+/m1/s1. The SMILES string of the molecule is O=C(N[C@@H]1CCCN(CC(F)(F)F)C1)OC[C@@H]1CCCO1. The van der Waals surface area contributed by atoms with Crippen LogP contribution >= 0.6 is 0 Å². The first-order valence-electron chi connectivity index (χ1n) is 7.26. The molecular formula is C13H21F3N2O3. The lowest BCUT2D eigenvalue weighted by Gasteiger charge is -2.33. The van der Waals surface area contributed by atoms with Crippen LogP contribution in [0.2, 0.25) is 0 Å². The largest absolute Gasteiger partial charge is 0.447 e. The van der Waals surface area contributed by atoms with E-state index >= 15 is 0 Å². The topological polar surface area (TPSA) is 50.8 Å². The Kier molecular flexibility index (Phi) is 5.69. The van der Waals surface area contributed by atoms with Crippen molar-refractivity contribution < 1.29 is 27.4 Å². The molecule has 0 aromatic carbocycles. The number of hydrogen-bond donors (Lipinski definition) is 1. The lowest BCUT2D eigenvalue weighted by molar-refractivity contribution is -0.148. The number of carbonyl (C=O) groups excluding carboxylic acids is 1. The second-order valence-electron chi connectivity index (χ2n) is 5.57. The van der Waals surface area contributed by atoms with E-state index in [1.165, 1.54) is 4.90 Å². The van der Waals surface area contributed by atoms with Gasteiger partial charge in [-0.1, -0.05) is 0 Å². The molecule has 8 heteroatoms. The van der Waals surface area contributed by atoms with Gasteiger partial charge in [0, 0.05) is 19.2 Å². The number of alkyl carbamates (subject to hydrolysis) is 1. The highest BCUT2D eigenvalue weighted by atomic mass is 19.4. The third-order valence-electron chi connectivity index (χ3n) is 3.65. The number of hydrogen-bond acceptors (Lipinski definition) is 4. The fraction of sp³-hybridized carbons (Fsp3) is 0.923. The molecule has 2 rings (SSSR count). The van der Waals surface area contributed by atoms with Crippen LogP contribution in [0.25, 0.3) is 0 Å². The van der Waals surface area contributed by atoms with Crippen molar-refractivity contribution in [1.29, 1.82) is 0 Å². The molecule has 0 unspecified atom stereocenters. The molecule has 0 aromatic heterocycles. The summed E-state index contributed by atoms with van der Waals surface area (Å²) in [7, 11) is 0. The summed E-state index contributed by atoms with van der Waals surface area (Å²) in [6.45, 7) is 0.558. The number of alkyl halides is 3. The first kappa shape index (κ1) is 16.4. The van der Waals surface area contributed by atoms with Crippen LogP contribution in [-0.4, -0.2) is 62.2 Å². The van der Waals surface area contributed by atoms with Crippen molar-refractivity contribution in [3.05, 3.63) is 0 Å². The quantitative estimate of drug-likeness (QED) is 0.862. The number of rotatable bonds is 4. The maximum Gasteiger partial charge on any atom is 0.407 e. The van der Waals surface area contributed by atoms with E-state index < -0.39 is 18.8 Å². The summed E-state index contributed by atoms with van der Waals surface area (Å²) in [6.07, 6.45) is -1.70. The fourth-order valence-electron chi connectivity index (χ4n) is 2.72. The lowest BCUT2D eigenvalue weighted by Crippen LogP contribution is -2.50. The van der Waals surface area contributed by atoms with Gasteiger partial charge in [-0.3, -0.25) is 4.90 Å². The molecule has 21 heavy (non-hydrogen) atoms. The highest BCUT2D eigenvalue weighted by molar-refractivity contribution is 5.67. The summed E-state index contributed by atoms with van der Waals surface area (Å²) < 4.78 is 47.4. The minimum Gasteiger partial charge on any atom is -0.447 e. The molecule has 0 aromatic rings. The van der Waals surface area contributed by atoms with E-state index in [0.717, 1.165) is 12.8 Å². The van der Waals surface area contributed by atoms with Crippen LogP contribution in [0.5, 0.6) is 0 Å². The van der Waals surface area contributed by atoms with E-state index in [0.29, 0.717) is 26.0 Å². The summed E-state index contributed by atoms with van der Waals surface area (Å²) >= 11 is 0. The molecule has 0 radical (unpaired) electrons. The van der Waals surface area contributed by atoms with Crippen molar-refractivity contribution in [3.8, 4) is 0 Å². The normalized spacial score (nSPS) is 27.6. The molecule has 2 aliphatic rings. The van der Waals surface area contributed by atoms with Crippen LogP contribution in [0.1, 0.15) is 25.7 Å². The molecule has 0 spiro atoms. The number of carbonyl (C=O) groups is 1. The van der Waals surface area contributed by atoms with Crippen LogP contribution in [0.4, 0.5) is 18.0 Å². The molecule has 1 N–H and O–H groups in total. The van der Waals surface area contributed by atoms with Gasteiger partial charge in [0.05, 0.1) is 12.6 Å². The Morgan fingerprint density at radius 3 is 2.81 bits per heavy atom. The zero-order valence-corrected chi connectivity index (χ0v) is 11.8. The number of likely N-dealkylation sites (tertiary alicyclic amines) is 1. The maximum absolute atomic E-state index is 12.4. The summed E-state index contributed by atoms with van der Waals surface area (Å²) in [4.78, 5) is 12.9. The molecule has 2 saturated heterocycles. The van der Waals surface area contributed by atoms with Crippen molar-refractivity contribution in [3.63, 3.8) is 0 Å². The Morgan fingerprint density at radius 1 is 1.33 bits per heavy atom. The van der Waals surface area contributed by atoms with E-state index in [1.807, 2.05) is 0 Å². The van der Waals surface area contributed by atoms with Gasteiger partial charge < -0.3 is 14.8 Å². The molecule has 1 amide bonds. The second-order valence-corrected chi connectivity index (χ2v) is 5.57. The van der Waals surface area contributed by atoms with Crippen LogP contribution in [-0.2, 0) is 9.47 Å². The van der Waals surface area contributed by atoms with Gasteiger partial charge in [0.2, 0.25) is 0 Å². The van der Waals surface area contributed by atoms with Crippen molar-refractivity contribution in [2.75, 3.05) is 32.8 Å². The monoisotopic (exact) mass is 310 g/mol. The fourth-order valence-corrected chi connectivity index (χ4v) is 2.72. The van der Waals surface area contributed by atoms with Crippen LogP contribution < -0.4 is 5.32 Å². The molecule has 5 nitrogen and oxygen atoms in total. The Balaban J connectivity index is 1.67. The predicted molar refractivity (Wildman–Crippen MR) is 69.0 cm³/mol. The van der Waals surface area contributed by atoms with E-state index in [-0.39, 0.29) is 25.3 Å². The smallest absolute Gasteiger partial charge is 0.407 e. The highest BCUT2D eigenvalue weighted by Gasteiger charge is 2.33. The van der Waals surface area contributed by atoms with Crippen LogP contribution in [0, 0.1) is 0 Å². The Hall–Kier alpha value is -1.02. The minimum atomic E-state index is -4.21. The number of nitrogens with one attached hydrogen (secondary N) is 1. The van der Waals surface area contributed by atoms with Crippen molar-refractivity contribution in [2.24, 2.45) is 0 Å². The molecule has 122 valence electrons. The summed E-state index contributed by atoms with van der Waals surface area (Å²) in [5.41, 5.74) is 0. The van der Waals surface area contributed by atoms with Gasteiger partial charge in [-0.2, -0.15) is 13.2 Å². The highest BCUT2D eigenvalue weighted by Crippen LogP contribution is 2.20. The second kappa shape index (κ2) is 7.31. The van der Waals surface area contributed by atoms with Gasteiger partial charge in [0.25, 0.3) is 0 Å². The molecule has 0 saturated carbocycles. The van der Waals surface area contributed by atoms with Crippen molar-refractivity contribution in [1.82, 2.24) is 10.2 Å². The number of nitrogens with zero attached hydrogens (tertiary/aromatic N) is 1. The number of amides is 1. The number of ether oxygens (including phenoxy) is 2. The van der Waals surface area contributed by atoms with E-state index in [2.05, 4.69) is 5.32 Å². The third kappa shape index (κ3) is 6.09. The molecule has 0 aliphatic carbocycles. The molecular weight excluding hydrogens is 289 g/mol. The van der Waals surface area contributed by atoms with Gasteiger partial charge in [-0.05, 0) is 32.2 Å². The molecule has 0 bridgehead atoms. The zero-order chi connectivity index (χ0) is 15.3. The summed E-state index contributed by atoms with van der Waals surface area (Å²) in [5.74, 6) is 0. The van der Waals surface area contributed by atoms with Gasteiger partial charge in [0.1, 0.15) is 6.61 Å². The Labute approximate surface area is 121 Å². The summed E-state index contributed by atoms with van der Waals surface area (Å²) in [5, 5.41) is 2.63. The van der Waals surface area contributed by atoms with Crippen molar-refractivity contribution in [2.45, 2.75) is 44.0 Å². The van der Waals surface area contributed by atoms with Crippen LogP contribution in [0.15, 0.2) is 0 Å². The maximum atomic E-state index is 12.4. The van der Waals surface area contributed by atoms with Crippen LogP contribution in [0.3, 0.4) is 0 Å². The molecule has 2 atom stereocenters. The average molecular weight is 310 g/mol. The van der Waals surface area contributed by atoms with E-state index in [4.69, 9.17) is 9.47 Å². The lowest BCUT2D eigenvalue weighted by atomic mass is 10.1. The molecule has 2 heterocycles. The first-order chi connectivity index (χ1) is 9.92. The van der Waals surface area contributed by atoms with E-state index in [1.54, 1.807) is 0 Å². The Morgan fingerprint density at radius 2 is 2.14 bits per heavy atom. The van der Waals surface area contributed by atoms with Gasteiger partial charge >= 0.3 is 12.3 Å². The molecule has 2 aliphatic heterocycles. The third-order valence-corrected chi connectivity index (χ3v) is 3.65. The van der Waals surface area contributed by atoms with E-state index in [9.17, 15) is 18.0 Å². The molecule has 2 fully saturated rings. The predicted octanol–water partition coefficient (Wildman–Crippen LogP) is 1.92.